The predicted octanol–water partition coefficient (Wildman–Crippen LogP) is 3.62. The zero-order valence-electron chi connectivity index (χ0n) is 14.8. The van der Waals surface area contributed by atoms with E-state index in [2.05, 4.69) is 21.8 Å². The van der Waals surface area contributed by atoms with Crippen molar-refractivity contribution >= 4 is 39.7 Å². The molecule has 5 nitrogen and oxygen atoms in total. The van der Waals surface area contributed by atoms with Crippen LogP contribution in [0, 0.1) is 17.3 Å². The minimum Gasteiger partial charge on any atom is -0.386 e. The molecule has 0 aliphatic carbocycles. The molecule has 134 valence electrons. The van der Waals surface area contributed by atoms with Crippen molar-refractivity contribution in [2.24, 2.45) is 10.7 Å². The number of benzene rings is 2. The number of aliphatic imine (C=N–C) groups is 1. The lowest BCUT2D eigenvalue weighted by atomic mass is 10.1. The van der Waals surface area contributed by atoms with E-state index in [9.17, 15) is 0 Å². The molecule has 0 radical (unpaired) electrons. The zero-order chi connectivity index (χ0) is 19.4. The lowest BCUT2D eigenvalue weighted by Crippen LogP contribution is -2.14. The Labute approximate surface area is 162 Å². The first-order chi connectivity index (χ1) is 12.9. The molecule has 0 fully saturated rings. The number of pyridine rings is 1. The monoisotopic (exact) mass is 375 g/mol. The van der Waals surface area contributed by atoms with Gasteiger partial charge in [-0.05, 0) is 36.8 Å². The minimum absolute atomic E-state index is 0.0305. The van der Waals surface area contributed by atoms with Crippen molar-refractivity contribution in [3.8, 4) is 11.8 Å². The third-order valence-corrected chi connectivity index (χ3v) is 4.22. The Morgan fingerprint density at radius 2 is 2.04 bits per heavy atom. The third-order valence-electron chi connectivity index (χ3n) is 3.98. The molecular weight excluding hydrogens is 358 g/mol. The van der Waals surface area contributed by atoms with Crippen molar-refractivity contribution in [2.75, 3.05) is 12.3 Å². The van der Waals surface area contributed by atoms with Crippen LogP contribution in [0.1, 0.15) is 23.6 Å². The zero-order valence-corrected chi connectivity index (χ0v) is 15.5. The summed E-state index contributed by atoms with van der Waals surface area (Å²) >= 11 is 6.12. The van der Waals surface area contributed by atoms with Crippen LogP contribution in [-0.4, -0.2) is 23.1 Å². The van der Waals surface area contributed by atoms with Gasteiger partial charge in [-0.2, -0.15) is 0 Å². The van der Waals surface area contributed by atoms with Crippen molar-refractivity contribution in [3.63, 3.8) is 0 Å². The van der Waals surface area contributed by atoms with E-state index < -0.39 is 0 Å². The van der Waals surface area contributed by atoms with E-state index in [1.54, 1.807) is 6.20 Å². The lowest BCUT2D eigenvalue weighted by Gasteiger charge is -2.04. The largest absolute Gasteiger partial charge is 0.386 e. The highest BCUT2D eigenvalue weighted by Crippen LogP contribution is 2.24. The second-order valence-electron chi connectivity index (χ2n) is 6.01. The van der Waals surface area contributed by atoms with Crippen molar-refractivity contribution < 1.29 is 0 Å². The molecule has 0 unspecified atom stereocenters. The number of rotatable bonds is 3. The number of nitrogens with one attached hydrogen (secondary N) is 1. The summed E-state index contributed by atoms with van der Waals surface area (Å²) in [5.74, 6) is 6.66. The van der Waals surface area contributed by atoms with E-state index in [1.807, 2.05) is 49.4 Å². The van der Waals surface area contributed by atoms with Crippen molar-refractivity contribution in [1.82, 2.24) is 4.98 Å². The quantitative estimate of drug-likeness (QED) is 0.370. The molecule has 0 saturated heterocycles. The number of nitrogens with zero attached hydrogens (tertiary/aromatic N) is 2. The molecule has 0 spiro atoms. The second-order valence-corrected chi connectivity index (χ2v) is 6.44. The molecule has 2 aromatic carbocycles. The predicted molar refractivity (Wildman–Crippen MR) is 113 cm³/mol. The average Bonchev–Trinajstić information content (AvgIpc) is 2.65. The molecule has 5 N–H and O–H groups in total. The summed E-state index contributed by atoms with van der Waals surface area (Å²) in [4.78, 5) is 8.51. The molecule has 0 aliphatic heterocycles. The standard InChI is InChI=1S/C21H18ClN5/c1-13(26-12-20(23)24)15-4-2-3-14(9-15)5-8-18-19-10-17(22)7-6-16(19)11-27-21(18)25/h2-4,6-7,9-11H,12H2,1H3,(H3,23,24)(H2,25,27). The van der Waals surface area contributed by atoms with Crippen molar-refractivity contribution in [3.05, 3.63) is 70.4 Å². The molecule has 6 heteroatoms. The number of hydrogen-bond acceptors (Lipinski definition) is 4. The maximum absolute atomic E-state index is 7.28. The first-order valence-corrected chi connectivity index (χ1v) is 8.62. The molecule has 0 bridgehead atoms. The van der Waals surface area contributed by atoms with E-state index in [4.69, 9.17) is 28.5 Å². The summed E-state index contributed by atoms with van der Waals surface area (Å²) < 4.78 is 0. The highest BCUT2D eigenvalue weighted by Gasteiger charge is 2.05. The second kappa shape index (κ2) is 7.90. The summed E-state index contributed by atoms with van der Waals surface area (Å²) in [6.07, 6.45) is 1.71. The molecule has 3 aromatic rings. The summed E-state index contributed by atoms with van der Waals surface area (Å²) in [6, 6.07) is 13.2. The fraction of sp³-hybridized carbons (Fsp3) is 0.0952. The van der Waals surface area contributed by atoms with E-state index in [0.29, 0.717) is 16.4 Å². The number of nitrogen functional groups attached to an aromatic ring is 1. The third kappa shape index (κ3) is 4.43. The van der Waals surface area contributed by atoms with E-state index in [0.717, 1.165) is 27.6 Å². The average molecular weight is 376 g/mol. The number of fused-ring (bicyclic) bond motifs is 1. The number of aromatic nitrogens is 1. The molecule has 3 rings (SSSR count). The van der Waals surface area contributed by atoms with Crippen LogP contribution in [0.15, 0.2) is 53.7 Å². The summed E-state index contributed by atoms with van der Waals surface area (Å²) in [5.41, 5.74) is 14.6. The van der Waals surface area contributed by atoms with Gasteiger partial charge in [0.15, 0.2) is 0 Å². The van der Waals surface area contributed by atoms with Crippen LogP contribution < -0.4 is 11.5 Å². The summed E-state index contributed by atoms with van der Waals surface area (Å²) in [6.45, 7) is 2.06. The number of hydrogen-bond donors (Lipinski definition) is 3. The lowest BCUT2D eigenvalue weighted by molar-refractivity contribution is 1.22. The van der Waals surface area contributed by atoms with Gasteiger partial charge in [-0.3, -0.25) is 10.4 Å². The molecule has 0 atom stereocenters. The fourth-order valence-electron chi connectivity index (χ4n) is 2.58. The van der Waals surface area contributed by atoms with E-state index in [1.165, 1.54) is 0 Å². The molecule has 27 heavy (non-hydrogen) atoms. The first kappa shape index (κ1) is 18.4. The van der Waals surface area contributed by atoms with Crippen LogP contribution in [0.25, 0.3) is 10.8 Å². The molecule has 0 saturated carbocycles. The van der Waals surface area contributed by atoms with Crippen LogP contribution in [0.3, 0.4) is 0 Å². The van der Waals surface area contributed by atoms with Gasteiger partial charge in [0.2, 0.25) is 0 Å². The number of anilines is 1. The highest BCUT2D eigenvalue weighted by atomic mass is 35.5. The number of halogens is 1. The number of amidine groups is 1. The van der Waals surface area contributed by atoms with Gasteiger partial charge in [-0.15, -0.1) is 0 Å². The molecule has 0 amide bonds. The first-order valence-electron chi connectivity index (χ1n) is 8.24. The normalized spacial score (nSPS) is 11.1. The SMILES string of the molecule is CC(=NCC(=N)N)c1cccc(C#Cc2c(N)ncc3ccc(Cl)cc23)c1. The van der Waals surface area contributed by atoms with E-state index in [-0.39, 0.29) is 12.4 Å². The van der Waals surface area contributed by atoms with Crippen LogP contribution in [0.4, 0.5) is 5.82 Å². The van der Waals surface area contributed by atoms with E-state index >= 15 is 0 Å². The van der Waals surface area contributed by atoms with Crippen molar-refractivity contribution in [2.45, 2.75) is 6.92 Å². The molecular formula is C21H18ClN5. The highest BCUT2D eigenvalue weighted by molar-refractivity contribution is 6.31. The van der Waals surface area contributed by atoms with Gasteiger partial charge in [0.25, 0.3) is 0 Å². The smallest absolute Gasteiger partial charge is 0.139 e. The summed E-state index contributed by atoms with van der Waals surface area (Å²) in [7, 11) is 0. The fourth-order valence-corrected chi connectivity index (χ4v) is 2.75. The van der Waals surface area contributed by atoms with Crippen LogP contribution in [0.5, 0.6) is 0 Å². The van der Waals surface area contributed by atoms with Crippen LogP contribution in [0.2, 0.25) is 5.02 Å². The number of nitrogens with two attached hydrogens (primary N) is 2. The van der Waals surface area contributed by atoms with Crippen LogP contribution in [-0.2, 0) is 0 Å². The maximum atomic E-state index is 7.28. The van der Waals surface area contributed by atoms with Crippen LogP contribution >= 0.6 is 11.6 Å². The Balaban J connectivity index is 2.00. The molecule has 1 aromatic heterocycles. The Hall–Kier alpha value is -3.36. The minimum atomic E-state index is 0.0305. The van der Waals surface area contributed by atoms with Crippen molar-refractivity contribution in [1.29, 1.82) is 5.41 Å². The Morgan fingerprint density at radius 1 is 1.22 bits per heavy atom. The van der Waals surface area contributed by atoms with Gasteiger partial charge in [-0.25, -0.2) is 4.98 Å². The summed E-state index contributed by atoms with van der Waals surface area (Å²) in [5, 5.41) is 9.70. The van der Waals surface area contributed by atoms with Gasteiger partial charge in [0.1, 0.15) is 11.7 Å². The Bertz CT molecular complexity index is 1120. The van der Waals surface area contributed by atoms with Gasteiger partial charge in [0.05, 0.1) is 12.1 Å². The Kier molecular flexibility index (Phi) is 5.39. The maximum Gasteiger partial charge on any atom is 0.139 e. The molecule has 0 aliphatic rings. The van der Waals surface area contributed by atoms with Gasteiger partial charge < -0.3 is 11.5 Å². The topological polar surface area (TPSA) is 101 Å². The molecule has 1 heterocycles. The van der Waals surface area contributed by atoms with Gasteiger partial charge in [0, 0.05) is 33.3 Å². The van der Waals surface area contributed by atoms with Gasteiger partial charge in [-0.1, -0.05) is 41.6 Å². The Morgan fingerprint density at radius 3 is 2.81 bits per heavy atom. The van der Waals surface area contributed by atoms with Gasteiger partial charge >= 0.3 is 0 Å².